The molecule has 1 aromatic carbocycles. The number of nitrogens with one attached hydrogen (secondary N) is 2. The summed E-state index contributed by atoms with van der Waals surface area (Å²) in [6, 6.07) is 10.0. The van der Waals surface area contributed by atoms with Crippen molar-refractivity contribution in [3.8, 4) is 0 Å². The number of carbonyl (C=O) groups is 2. The van der Waals surface area contributed by atoms with Gasteiger partial charge in [0.2, 0.25) is 5.56 Å². The predicted molar refractivity (Wildman–Crippen MR) is 89.4 cm³/mol. The lowest BCUT2D eigenvalue weighted by Crippen LogP contribution is -2.17. The molecule has 3 N–H and O–H groups in total. The van der Waals surface area contributed by atoms with Crippen LogP contribution in [-0.4, -0.2) is 22.0 Å². The normalized spacial score (nSPS) is 13.5. The summed E-state index contributed by atoms with van der Waals surface area (Å²) in [6.07, 6.45) is 2.60. The Labute approximate surface area is 138 Å². The largest absolute Gasteiger partial charge is 0.481 e. The second-order valence-corrected chi connectivity index (χ2v) is 6.01. The highest BCUT2D eigenvalue weighted by Crippen LogP contribution is 2.38. The van der Waals surface area contributed by atoms with Gasteiger partial charge < -0.3 is 15.4 Å². The second kappa shape index (κ2) is 6.70. The summed E-state index contributed by atoms with van der Waals surface area (Å²) in [5.41, 5.74) is 2.38. The molecule has 6 nitrogen and oxygen atoms in total. The summed E-state index contributed by atoms with van der Waals surface area (Å²) < 4.78 is 0. The van der Waals surface area contributed by atoms with Gasteiger partial charge in [0, 0.05) is 29.4 Å². The van der Waals surface area contributed by atoms with Crippen LogP contribution in [-0.2, 0) is 11.2 Å². The molecule has 0 unspecified atom stereocenters. The number of amides is 1. The molecule has 3 rings (SSSR count). The van der Waals surface area contributed by atoms with E-state index in [4.69, 9.17) is 5.11 Å². The van der Waals surface area contributed by atoms with E-state index in [2.05, 4.69) is 10.3 Å². The van der Waals surface area contributed by atoms with Crippen molar-refractivity contribution in [2.45, 2.75) is 31.6 Å². The fourth-order valence-corrected chi connectivity index (χ4v) is 2.52. The van der Waals surface area contributed by atoms with Crippen LogP contribution in [0, 0.1) is 0 Å². The average molecular weight is 326 g/mol. The van der Waals surface area contributed by atoms with Crippen molar-refractivity contribution in [3.63, 3.8) is 0 Å². The van der Waals surface area contributed by atoms with Crippen LogP contribution < -0.4 is 10.9 Å². The Kier molecular flexibility index (Phi) is 4.46. The van der Waals surface area contributed by atoms with Crippen molar-refractivity contribution in [2.75, 3.05) is 5.32 Å². The van der Waals surface area contributed by atoms with Gasteiger partial charge in [0.1, 0.15) is 0 Å². The molecule has 124 valence electrons. The van der Waals surface area contributed by atoms with Gasteiger partial charge in [-0.2, -0.15) is 0 Å². The van der Waals surface area contributed by atoms with Crippen molar-refractivity contribution in [1.29, 1.82) is 0 Å². The van der Waals surface area contributed by atoms with Crippen molar-refractivity contribution in [2.24, 2.45) is 0 Å². The third-order valence-corrected chi connectivity index (χ3v) is 3.98. The minimum Gasteiger partial charge on any atom is -0.481 e. The smallest absolute Gasteiger partial charge is 0.303 e. The highest BCUT2D eigenvalue weighted by Gasteiger charge is 2.25. The molecule has 0 spiro atoms. The number of pyridine rings is 1. The summed E-state index contributed by atoms with van der Waals surface area (Å²) in [6.45, 7) is 0. The van der Waals surface area contributed by atoms with Crippen molar-refractivity contribution < 1.29 is 14.7 Å². The first-order valence-corrected chi connectivity index (χ1v) is 7.87. The molecule has 0 aliphatic heterocycles. The Morgan fingerprint density at radius 1 is 1.17 bits per heavy atom. The van der Waals surface area contributed by atoms with Gasteiger partial charge in [-0.25, -0.2) is 0 Å². The van der Waals surface area contributed by atoms with Gasteiger partial charge in [0.05, 0.1) is 0 Å². The van der Waals surface area contributed by atoms with Crippen molar-refractivity contribution in [1.82, 2.24) is 4.98 Å². The summed E-state index contributed by atoms with van der Waals surface area (Å²) in [4.78, 5) is 37.3. The van der Waals surface area contributed by atoms with Crippen molar-refractivity contribution in [3.05, 3.63) is 63.6 Å². The molecule has 1 amide bonds. The molecule has 1 fully saturated rings. The number of aromatic nitrogens is 1. The van der Waals surface area contributed by atoms with E-state index in [0.717, 1.165) is 24.1 Å². The molecule has 0 saturated heterocycles. The van der Waals surface area contributed by atoms with Gasteiger partial charge in [-0.3, -0.25) is 14.4 Å². The van der Waals surface area contributed by atoms with Crippen LogP contribution in [0.25, 0.3) is 0 Å². The zero-order valence-corrected chi connectivity index (χ0v) is 13.0. The molecular weight excluding hydrogens is 308 g/mol. The number of carboxylic acid groups (broad SMARTS) is 1. The molecule has 1 heterocycles. The van der Waals surface area contributed by atoms with Crippen LogP contribution in [0.2, 0.25) is 0 Å². The molecule has 1 aliphatic rings. The van der Waals surface area contributed by atoms with Gasteiger partial charge in [0.25, 0.3) is 5.91 Å². The Morgan fingerprint density at radius 3 is 2.50 bits per heavy atom. The molecule has 2 aromatic rings. The summed E-state index contributed by atoms with van der Waals surface area (Å²) in [7, 11) is 0. The van der Waals surface area contributed by atoms with Crippen LogP contribution in [0.1, 0.15) is 46.8 Å². The Bertz CT molecular complexity index is 820. The SMILES string of the molecule is O=C(O)CCc1ccc(NC(=O)c2cc(C3CC3)[nH]c(=O)c2)cc1. The third-order valence-electron chi connectivity index (χ3n) is 3.98. The number of carbonyl (C=O) groups excluding carboxylic acids is 1. The number of aromatic amines is 1. The molecule has 0 bridgehead atoms. The molecule has 6 heteroatoms. The standard InChI is InChI=1S/C18H18N2O4/c21-16-10-13(9-15(20-16)12-4-5-12)18(24)19-14-6-1-11(2-7-14)3-8-17(22)23/h1-2,6-7,9-10,12H,3-5,8H2,(H,19,24)(H,20,21)(H,22,23). The number of rotatable bonds is 6. The average Bonchev–Trinajstić information content (AvgIpc) is 3.38. The summed E-state index contributed by atoms with van der Waals surface area (Å²) in [5, 5.41) is 11.4. The zero-order valence-electron chi connectivity index (χ0n) is 13.0. The first kappa shape index (κ1) is 16.0. The maximum Gasteiger partial charge on any atom is 0.303 e. The van der Waals surface area contributed by atoms with E-state index in [-0.39, 0.29) is 17.9 Å². The number of carboxylic acids is 1. The van der Waals surface area contributed by atoms with E-state index in [1.54, 1.807) is 30.3 Å². The number of H-pyrrole nitrogens is 1. The molecule has 1 saturated carbocycles. The Morgan fingerprint density at radius 2 is 1.88 bits per heavy atom. The second-order valence-electron chi connectivity index (χ2n) is 6.01. The van der Waals surface area contributed by atoms with Gasteiger partial charge in [-0.1, -0.05) is 12.1 Å². The topological polar surface area (TPSA) is 99.3 Å². The summed E-state index contributed by atoms with van der Waals surface area (Å²) in [5.74, 6) is -0.812. The van der Waals surface area contributed by atoms with E-state index in [1.807, 2.05) is 0 Å². The molecule has 1 aliphatic carbocycles. The van der Waals surface area contributed by atoms with Crippen molar-refractivity contribution >= 4 is 17.6 Å². The third kappa shape index (κ3) is 4.10. The van der Waals surface area contributed by atoms with E-state index < -0.39 is 5.97 Å². The first-order valence-electron chi connectivity index (χ1n) is 7.87. The fraction of sp³-hybridized carbons (Fsp3) is 0.278. The maximum atomic E-state index is 12.3. The fourth-order valence-electron chi connectivity index (χ4n) is 2.52. The van der Waals surface area contributed by atoms with E-state index in [9.17, 15) is 14.4 Å². The maximum absolute atomic E-state index is 12.3. The van der Waals surface area contributed by atoms with E-state index in [1.165, 1.54) is 6.07 Å². The van der Waals surface area contributed by atoms with Gasteiger partial charge in [-0.15, -0.1) is 0 Å². The number of benzene rings is 1. The molecule has 24 heavy (non-hydrogen) atoms. The van der Waals surface area contributed by atoms with Gasteiger partial charge in [0.15, 0.2) is 0 Å². The van der Waals surface area contributed by atoms with Crippen LogP contribution >= 0.6 is 0 Å². The zero-order chi connectivity index (χ0) is 17.1. The van der Waals surface area contributed by atoms with E-state index >= 15 is 0 Å². The van der Waals surface area contributed by atoms with Crippen LogP contribution in [0.5, 0.6) is 0 Å². The quantitative estimate of drug-likeness (QED) is 0.759. The Hall–Kier alpha value is -2.89. The molecule has 0 radical (unpaired) electrons. The first-order chi connectivity index (χ1) is 11.5. The number of hydrogen-bond acceptors (Lipinski definition) is 3. The van der Waals surface area contributed by atoms with Crippen LogP contribution in [0.4, 0.5) is 5.69 Å². The summed E-state index contributed by atoms with van der Waals surface area (Å²) >= 11 is 0. The minimum atomic E-state index is -0.840. The highest BCUT2D eigenvalue weighted by molar-refractivity contribution is 6.04. The number of hydrogen-bond donors (Lipinski definition) is 3. The molecular formula is C18H18N2O4. The number of aryl methyl sites for hydroxylation is 1. The Balaban J connectivity index is 1.68. The van der Waals surface area contributed by atoms with Crippen LogP contribution in [0.15, 0.2) is 41.2 Å². The van der Waals surface area contributed by atoms with Crippen LogP contribution in [0.3, 0.4) is 0 Å². The molecule has 0 atom stereocenters. The lowest BCUT2D eigenvalue weighted by molar-refractivity contribution is -0.136. The lowest BCUT2D eigenvalue weighted by Gasteiger charge is -2.07. The minimum absolute atomic E-state index is 0.0719. The molecule has 1 aromatic heterocycles. The highest BCUT2D eigenvalue weighted by atomic mass is 16.4. The number of anilines is 1. The van der Waals surface area contributed by atoms with E-state index in [0.29, 0.717) is 23.6 Å². The number of aliphatic carboxylic acids is 1. The lowest BCUT2D eigenvalue weighted by atomic mass is 10.1. The van der Waals surface area contributed by atoms with Gasteiger partial charge in [-0.05, 0) is 48.9 Å². The monoisotopic (exact) mass is 326 g/mol. The predicted octanol–water partition coefficient (Wildman–Crippen LogP) is 2.52. The van der Waals surface area contributed by atoms with Gasteiger partial charge >= 0.3 is 5.97 Å².